The van der Waals surface area contributed by atoms with Gasteiger partial charge in [0.05, 0.1) is 11.9 Å². The summed E-state index contributed by atoms with van der Waals surface area (Å²) in [5.41, 5.74) is 2.89. The van der Waals surface area contributed by atoms with Crippen LogP contribution in [0.4, 0.5) is 13.2 Å². The predicted octanol–water partition coefficient (Wildman–Crippen LogP) is 4.22. The van der Waals surface area contributed by atoms with E-state index in [0.29, 0.717) is 11.0 Å². The molecular weight excluding hydrogens is 397 g/mol. The lowest BCUT2D eigenvalue weighted by Gasteiger charge is -2.13. The molecule has 30 heavy (non-hydrogen) atoms. The summed E-state index contributed by atoms with van der Waals surface area (Å²) in [4.78, 5) is 19.6. The normalized spacial score (nSPS) is 11.8. The first-order valence-electron chi connectivity index (χ1n) is 9.09. The van der Waals surface area contributed by atoms with Crippen LogP contribution >= 0.6 is 0 Å². The molecule has 0 saturated heterocycles. The SMILES string of the molecule is Cc1ccc(C)c(-n2ncc3c(=O)[nH]c(Cc4ccccc4OC(F)(F)F)nc32)c1. The van der Waals surface area contributed by atoms with Gasteiger partial charge >= 0.3 is 6.36 Å². The number of fused-ring (bicyclic) bond motifs is 1. The molecule has 0 atom stereocenters. The van der Waals surface area contributed by atoms with Crippen LogP contribution in [0.5, 0.6) is 5.75 Å². The molecule has 0 fully saturated rings. The van der Waals surface area contributed by atoms with E-state index in [1.165, 1.54) is 24.4 Å². The fourth-order valence-corrected chi connectivity index (χ4v) is 3.23. The molecule has 0 aliphatic rings. The Labute approximate surface area is 169 Å². The van der Waals surface area contributed by atoms with E-state index in [4.69, 9.17) is 0 Å². The number of nitrogens with one attached hydrogen (secondary N) is 1. The van der Waals surface area contributed by atoms with Gasteiger partial charge in [-0.15, -0.1) is 13.2 Å². The number of hydrogen-bond acceptors (Lipinski definition) is 4. The Morgan fingerprint density at radius 3 is 2.67 bits per heavy atom. The zero-order valence-electron chi connectivity index (χ0n) is 16.1. The van der Waals surface area contributed by atoms with Crippen LogP contribution in [0, 0.1) is 13.8 Å². The lowest BCUT2D eigenvalue weighted by Crippen LogP contribution is -2.18. The minimum absolute atomic E-state index is 0.0462. The first-order valence-corrected chi connectivity index (χ1v) is 9.09. The van der Waals surface area contributed by atoms with Gasteiger partial charge in [-0.2, -0.15) is 5.10 Å². The number of aromatic nitrogens is 4. The van der Waals surface area contributed by atoms with Crippen LogP contribution in [0.25, 0.3) is 16.7 Å². The second kappa shape index (κ2) is 7.33. The van der Waals surface area contributed by atoms with Crippen molar-refractivity contribution >= 4 is 11.0 Å². The number of para-hydroxylation sites is 1. The van der Waals surface area contributed by atoms with E-state index in [1.54, 1.807) is 10.7 Å². The van der Waals surface area contributed by atoms with Gasteiger partial charge in [0.1, 0.15) is 17.0 Å². The maximum Gasteiger partial charge on any atom is 0.573 e. The molecule has 2 aromatic heterocycles. The summed E-state index contributed by atoms with van der Waals surface area (Å²) in [5, 5.41) is 4.59. The van der Waals surface area contributed by atoms with Crippen molar-refractivity contribution in [2.45, 2.75) is 26.6 Å². The summed E-state index contributed by atoms with van der Waals surface area (Å²) in [6, 6.07) is 11.6. The van der Waals surface area contributed by atoms with Gasteiger partial charge in [0.25, 0.3) is 5.56 Å². The van der Waals surface area contributed by atoms with Crippen LogP contribution in [0.2, 0.25) is 0 Å². The minimum atomic E-state index is -4.82. The van der Waals surface area contributed by atoms with Crippen molar-refractivity contribution < 1.29 is 17.9 Å². The number of halogens is 3. The van der Waals surface area contributed by atoms with Gasteiger partial charge in [0.15, 0.2) is 5.65 Å². The number of alkyl halides is 3. The van der Waals surface area contributed by atoms with Gasteiger partial charge in [0, 0.05) is 12.0 Å². The highest BCUT2D eigenvalue weighted by atomic mass is 19.4. The largest absolute Gasteiger partial charge is 0.573 e. The van der Waals surface area contributed by atoms with Crippen molar-refractivity contribution in [3.63, 3.8) is 0 Å². The summed E-state index contributed by atoms with van der Waals surface area (Å²) >= 11 is 0. The molecule has 0 saturated carbocycles. The number of aryl methyl sites for hydroxylation is 2. The van der Waals surface area contributed by atoms with E-state index in [0.717, 1.165) is 16.8 Å². The van der Waals surface area contributed by atoms with Crippen molar-refractivity contribution in [3.8, 4) is 11.4 Å². The number of hydrogen-bond donors (Lipinski definition) is 1. The van der Waals surface area contributed by atoms with Crippen LogP contribution in [0.15, 0.2) is 53.5 Å². The molecule has 4 aromatic rings. The van der Waals surface area contributed by atoms with Crippen molar-refractivity contribution in [2.75, 3.05) is 0 Å². The van der Waals surface area contributed by atoms with Crippen LogP contribution in [0.3, 0.4) is 0 Å². The quantitative estimate of drug-likeness (QED) is 0.543. The molecule has 154 valence electrons. The maximum atomic E-state index is 12.7. The van der Waals surface area contributed by atoms with Crippen molar-refractivity contribution in [1.29, 1.82) is 0 Å². The number of aromatic amines is 1. The predicted molar refractivity (Wildman–Crippen MR) is 105 cm³/mol. The van der Waals surface area contributed by atoms with E-state index < -0.39 is 11.9 Å². The molecule has 0 radical (unpaired) electrons. The average molecular weight is 414 g/mol. The van der Waals surface area contributed by atoms with Crippen LogP contribution in [0.1, 0.15) is 22.5 Å². The third kappa shape index (κ3) is 3.91. The Balaban J connectivity index is 1.79. The second-order valence-electron chi connectivity index (χ2n) is 6.93. The van der Waals surface area contributed by atoms with Gasteiger partial charge in [-0.1, -0.05) is 30.3 Å². The fraction of sp³-hybridized carbons (Fsp3) is 0.190. The third-order valence-electron chi connectivity index (χ3n) is 4.64. The number of ether oxygens (including phenoxy) is 1. The van der Waals surface area contributed by atoms with Crippen LogP contribution in [-0.2, 0) is 6.42 Å². The number of rotatable bonds is 4. The number of benzene rings is 2. The molecule has 2 aromatic carbocycles. The summed E-state index contributed by atoms with van der Waals surface area (Å²) in [6.45, 7) is 3.86. The van der Waals surface area contributed by atoms with Gasteiger partial charge in [-0.3, -0.25) is 4.79 Å². The third-order valence-corrected chi connectivity index (χ3v) is 4.64. The highest BCUT2D eigenvalue weighted by molar-refractivity contribution is 5.75. The molecular formula is C21H17F3N4O2. The first kappa shape index (κ1) is 19.7. The van der Waals surface area contributed by atoms with E-state index in [2.05, 4.69) is 19.8 Å². The summed E-state index contributed by atoms with van der Waals surface area (Å²) in [5.74, 6) is -0.131. The summed E-state index contributed by atoms with van der Waals surface area (Å²) in [6.07, 6.45) is -3.44. The Hall–Kier alpha value is -3.62. The van der Waals surface area contributed by atoms with E-state index >= 15 is 0 Å². The second-order valence-corrected chi connectivity index (χ2v) is 6.93. The lowest BCUT2D eigenvalue weighted by molar-refractivity contribution is -0.274. The van der Waals surface area contributed by atoms with Crippen LogP contribution < -0.4 is 10.3 Å². The van der Waals surface area contributed by atoms with Gasteiger partial charge in [-0.05, 0) is 37.1 Å². The smallest absolute Gasteiger partial charge is 0.405 e. The average Bonchev–Trinajstić information content (AvgIpc) is 3.08. The van der Waals surface area contributed by atoms with E-state index in [1.807, 2.05) is 32.0 Å². The number of nitrogens with zero attached hydrogens (tertiary/aromatic N) is 3. The summed E-state index contributed by atoms with van der Waals surface area (Å²) in [7, 11) is 0. The Kier molecular flexibility index (Phi) is 4.81. The maximum absolute atomic E-state index is 12.7. The molecule has 2 heterocycles. The molecule has 0 unspecified atom stereocenters. The molecule has 4 rings (SSSR count). The first-order chi connectivity index (χ1) is 14.2. The minimum Gasteiger partial charge on any atom is -0.405 e. The zero-order chi connectivity index (χ0) is 21.5. The molecule has 6 nitrogen and oxygen atoms in total. The van der Waals surface area contributed by atoms with E-state index in [9.17, 15) is 18.0 Å². The fourth-order valence-electron chi connectivity index (χ4n) is 3.23. The number of H-pyrrole nitrogens is 1. The molecule has 0 aliphatic carbocycles. The van der Waals surface area contributed by atoms with Crippen molar-refractivity contribution in [2.24, 2.45) is 0 Å². The molecule has 0 aliphatic heterocycles. The molecule has 0 spiro atoms. The van der Waals surface area contributed by atoms with Crippen molar-refractivity contribution in [1.82, 2.24) is 19.7 Å². The summed E-state index contributed by atoms with van der Waals surface area (Å²) < 4.78 is 43.7. The van der Waals surface area contributed by atoms with Crippen molar-refractivity contribution in [3.05, 3.63) is 81.5 Å². The van der Waals surface area contributed by atoms with Gasteiger partial charge < -0.3 is 9.72 Å². The standard InChI is InChI=1S/C21H17F3N4O2/c1-12-7-8-13(2)16(9-12)28-19-15(11-25-28)20(29)27-18(26-19)10-14-5-3-4-6-17(14)30-21(22,23)24/h3-9,11H,10H2,1-2H3,(H,26,27,29). The molecule has 1 N–H and O–H groups in total. The Morgan fingerprint density at radius 2 is 1.90 bits per heavy atom. The molecule has 0 amide bonds. The lowest BCUT2D eigenvalue weighted by atomic mass is 10.1. The Bertz CT molecular complexity index is 1290. The monoisotopic (exact) mass is 414 g/mol. The highest BCUT2D eigenvalue weighted by Crippen LogP contribution is 2.27. The molecule has 0 bridgehead atoms. The zero-order valence-corrected chi connectivity index (χ0v) is 16.1. The van der Waals surface area contributed by atoms with Gasteiger partial charge in [-0.25, -0.2) is 9.67 Å². The van der Waals surface area contributed by atoms with Gasteiger partial charge in [0.2, 0.25) is 0 Å². The van der Waals surface area contributed by atoms with E-state index in [-0.39, 0.29) is 23.6 Å². The van der Waals surface area contributed by atoms with Crippen LogP contribution in [-0.4, -0.2) is 26.1 Å². The Morgan fingerprint density at radius 1 is 1.13 bits per heavy atom. The topological polar surface area (TPSA) is 72.8 Å². The highest BCUT2D eigenvalue weighted by Gasteiger charge is 2.32. The molecule has 9 heteroatoms.